The number of anilines is 3. The third-order valence-electron chi connectivity index (χ3n) is 6.02. The number of nitrogens with one attached hydrogen (secondary N) is 2. The second-order valence-electron chi connectivity index (χ2n) is 8.11. The van der Waals surface area contributed by atoms with Gasteiger partial charge in [0.2, 0.25) is 5.95 Å². The number of hydrogen-bond acceptors (Lipinski definition) is 7. The summed E-state index contributed by atoms with van der Waals surface area (Å²) in [5.41, 5.74) is 2.34. The number of aromatic nitrogens is 5. The first kappa shape index (κ1) is 17.4. The Morgan fingerprint density at radius 2 is 1.93 bits per heavy atom. The predicted molar refractivity (Wildman–Crippen MR) is 110 cm³/mol. The number of imidazole rings is 1. The van der Waals surface area contributed by atoms with Crippen molar-refractivity contribution < 1.29 is 0 Å². The van der Waals surface area contributed by atoms with Crippen LogP contribution in [0.3, 0.4) is 0 Å². The van der Waals surface area contributed by atoms with Crippen molar-refractivity contribution in [3.8, 4) is 0 Å². The lowest BCUT2D eigenvalue weighted by molar-refractivity contribution is 0.163. The normalized spacial score (nSPS) is 18.6. The molecule has 3 aromatic rings. The summed E-state index contributed by atoms with van der Waals surface area (Å²) >= 11 is 0. The average Bonchev–Trinajstić information content (AvgIpc) is 3.11. The van der Waals surface area contributed by atoms with Gasteiger partial charge in [0.25, 0.3) is 0 Å². The third kappa shape index (κ3) is 3.07. The van der Waals surface area contributed by atoms with Gasteiger partial charge in [-0.05, 0) is 45.7 Å². The first-order valence-corrected chi connectivity index (χ1v) is 10.0. The van der Waals surface area contributed by atoms with Gasteiger partial charge in [-0.1, -0.05) is 0 Å². The van der Waals surface area contributed by atoms with Gasteiger partial charge in [-0.25, -0.2) is 15.0 Å². The molecule has 8 nitrogen and oxygen atoms in total. The molecule has 0 aliphatic carbocycles. The van der Waals surface area contributed by atoms with E-state index in [9.17, 15) is 0 Å². The van der Waals surface area contributed by atoms with E-state index in [-0.39, 0.29) is 0 Å². The van der Waals surface area contributed by atoms with Gasteiger partial charge in [0, 0.05) is 36.9 Å². The highest BCUT2D eigenvalue weighted by Crippen LogP contribution is 2.32. The van der Waals surface area contributed by atoms with Crippen LogP contribution in [0.4, 0.5) is 17.6 Å². The summed E-state index contributed by atoms with van der Waals surface area (Å²) in [6.45, 7) is 7.44. The Bertz CT molecular complexity index is 981. The molecular weight excluding hydrogens is 352 g/mol. The number of pyridine rings is 1. The summed E-state index contributed by atoms with van der Waals surface area (Å²) in [6.07, 6.45) is 9.09. The van der Waals surface area contributed by atoms with E-state index in [4.69, 9.17) is 4.98 Å². The maximum atomic E-state index is 4.73. The fraction of sp³-hybridized carbons (Fsp3) is 0.500. The summed E-state index contributed by atoms with van der Waals surface area (Å²) < 4.78 is 2.14. The Morgan fingerprint density at radius 1 is 1.11 bits per heavy atom. The predicted octanol–water partition coefficient (Wildman–Crippen LogP) is 2.88. The molecule has 0 radical (unpaired) electrons. The fourth-order valence-corrected chi connectivity index (χ4v) is 4.15. The minimum Gasteiger partial charge on any atom is -0.341 e. The maximum Gasteiger partial charge on any atom is 0.227 e. The smallest absolute Gasteiger partial charge is 0.227 e. The van der Waals surface area contributed by atoms with Gasteiger partial charge in [-0.15, -0.1) is 0 Å². The molecule has 2 aliphatic rings. The molecule has 5 rings (SSSR count). The van der Waals surface area contributed by atoms with Crippen molar-refractivity contribution in [1.29, 1.82) is 0 Å². The molecule has 2 aliphatic heterocycles. The van der Waals surface area contributed by atoms with Crippen LogP contribution in [0.2, 0.25) is 0 Å². The molecule has 5 heterocycles. The van der Waals surface area contributed by atoms with Crippen molar-refractivity contribution >= 4 is 28.6 Å². The van der Waals surface area contributed by atoms with Crippen LogP contribution >= 0.6 is 0 Å². The van der Waals surface area contributed by atoms with Crippen LogP contribution < -0.4 is 15.5 Å². The Kier molecular flexibility index (Phi) is 4.16. The number of fused-ring (bicyclic) bond motifs is 1. The van der Waals surface area contributed by atoms with Crippen LogP contribution in [-0.2, 0) is 0 Å². The maximum absolute atomic E-state index is 4.73. The molecule has 3 aromatic heterocycles. The van der Waals surface area contributed by atoms with E-state index in [1.54, 1.807) is 6.20 Å². The molecule has 0 aromatic carbocycles. The van der Waals surface area contributed by atoms with Crippen molar-refractivity contribution in [3.05, 3.63) is 30.9 Å². The molecule has 28 heavy (non-hydrogen) atoms. The Labute approximate surface area is 164 Å². The van der Waals surface area contributed by atoms with Gasteiger partial charge in [0.15, 0.2) is 0 Å². The monoisotopic (exact) mass is 378 g/mol. The van der Waals surface area contributed by atoms with Crippen LogP contribution in [0.1, 0.15) is 39.2 Å². The number of rotatable bonds is 4. The highest BCUT2D eigenvalue weighted by Gasteiger charge is 2.39. The molecule has 0 bridgehead atoms. The van der Waals surface area contributed by atoms with Gasteiger partial charge < -0.3 is 20.1 Å². The van der Waals surface area contributed by atoms with Gasteiger partial charge >= 0.3 is 0 Å². The Morgan fingerprint density at radius 3 is 2.64 bits per heavy atom. The quantitative estimate of drug-likeness (QED) is 0.722. The summed E-state index contributed by atoms with van der Waals surface area (Å²) in [6, 6.07) is 4.25. The zero-order valence-corrected chi connectivity index (χ0v) is 16.4. The van der Waals surface area contributed by atoms with Gasteiger partial charge in [0.1, 0.15) is 17.2 Å². The van der Waals surface area contributed by atoms with E-state index in [1.807, 2.05) is 24.7 Å². The molecule has 0 atom stereocenters. The first-order chi connectivity index (χ1) is 13.6. The molecular formula is C20H26N8. The molecule has 2 saturated heterocycles. The van der Waals surface area contributed by atoms with Crippen molar-refractivity contribution in [2.45, 2.75) is 44.7 Å². The number of piperidine rings is 1. The summed E-state index contributed by atoms with van der Waals surface area (Å²) in [4.78, 5) is 20.4. The third-order valence-corrected chi connectivity index (χ3v) is 6.02. The zero-order chi connectivity index (χ0) is 19.1. The fourth-order valence-electron chi connectivity index (χ4n) is 4.15. The molecule has 1 spiro atoms. The van der Waals surface area contributed by atoms with Crippen LogP contribution in [-0.4, -0.2) is 49.7 Å². The molecule has 0 saturated carbocycles. The lowest BCUT2D eigenvalue weighted by Gasteiger charge is -2.48. The lowest BCUT2D eigenvalue weighted by atomic mass is 9.79. The molecule has 146 valence electrons. The summed E-state index contributed by atoms with van der Waals surface area (Å²) in [7, 11) is 0. The Hall–Kier alpha value is -2.74. The van der Waals surface area contributed by atoms with Crippen molar-refractivity contribution in [3.63, 3.8) is 0 Å². The van der Waals surface area contributed by atoms with Crippen molar-refractivity contribution in [1.82, 2.24) is 29.8 Å². The largest absolute Gasteiger partial charge is 0.341 e. The number of nitrogens with zero attached hydrogens (tertiary/aromatic N) is 6. The van der Waals surface area contributed by atoms with E-state index in [2.05, 4.69) is 48.9 Å². The summed E-state index contributed by atoms with van der Waals surface area (Å²) in [5, 5.41) is 6.93. The Balaban J connectivity index is 1.34. The SMILES string of the molecule is CC(C)n1cnc2cnc(Nc3ccnc(N4CCC5(CCN5)CC4)n3)cc21. The minimum absolute atomic E-state index is 0.346. The van der Waals surface area contributed by atoms with E-state index in [0.717, 1.165) is 61.1 Å². The molecule has 0 amide bonds. The van der Waals surface area contributed by atoms with Gasteiger partial charge in [-0.3, -0.25) is 0 Å². The van der Waals surface area contributed by atoms with E-state index in [0.29, 0.717) is 11.6 Å². The second-order valence-corrected chi connectivity index (χ2v) is 8.11. The molecule has 0 unspecified atom stereocenters. The van der Waals surface area contributed by atoms with Gasteiger partial charge in [-0.2, -0.15) is 4.98 Å². The van der Waals surface area contributed by atoms with E-state index >= 15 is 0 Å². The topological polar surface area (TPSA) is 83.8 Å². The standard InChI is InChI=1S/C20H26N8/c1-14(2)28-13-23-15-12-22-18(11-16(15)28)25-17-3-7-21-19(26-17)27-9-5-20(6-10-27)4-8-24-20/h3,7,11-14,24H,4-6,8-10H2,1-2H3,(H,21,22,25,26). The van der Waals surface area contributed by atoms with Crippen LogP contribution in [0.5, 0.6) is 0 Å². The van der Waals surface area contributed by atoms with Crippen molar-refractivity contribution in [2.24, 2.45) is 0 Å². The number of hydrogen-bond donors (Lipinski definition) is 2. The first-order valence-electron chi connectivity index (χ1n) is 10.0. The van der Waals surface area contributed by atoms with E-state index < -0.39 is 0 Å². The lowest BCUT2D eigenvalue weighted by Crippen LogP contribution is -2.62. The van der Waals surface area contributed by atoms with Crippen LogP contribution in [0.25, 0.3) is 11.0 Å². The highest BCUT2D eigenvalue weighted by atomic mass is 15.3. The van der Waals surface area contributed by atoms with Crippen molar-refractivity contribution in [2.75, 3.05) is 29.9 Å². The summed E-state index contributed by atoms with van der Waals surface area (Å²) in [5.74, 6) is 2.30. The molecule has 2 N–H and O–H groups in total. The average molecular weight is 378 g/mol. The van der Waals surface area contributed by atoms with Crippen LogP contribution in [0.15, 0.2) is 30.9 Å². The second kappa shape index (κ2) is 6.70. The highest BCUT2D eigenvalue weighted by molar-refractivity contribution is 5.78. The molecule has 2 fully saturated rings. The van der Waals surface area contributed by atoms with Crippen LogP contribution in [0, 0.1) is 0 Å². The van der Waals surface area contributed by atoms with E-state index in [1.165, 1.54) is 6.42 Å². The van der Waals surface area contributed by atoms with Gasteiger partial charge in [0.05, 0.1) is 18.0 Å². The zero-order valence-electron chi connectivity index (χ0n) is 16.4. The minimum atomic E-state index is 0.346. The molecule has 8 heteroatoms.